The van der Waals surface area contributed by atoms with Gasteiger partial charge in [0.1, 0.15) is 0 Å². The summed E-state index contributed by atoms with van der Waals surface area (Å²) in [6, 6.07) is 0. The van der Waals surface area contributed by atoms with Crippen molar-refractivity contribution in [2.24, 2.45) is 0 Å². The van der Waals surface area contributed by atoms with Gasteiger partial charge < -0.3 is 10.2 Å². The molecule has 0 bridgehead atoms. The fourth-order valence-corrected chi connectivity index (χ4v) is 2.24. The van der Waals surface area contributed by atoms with Gasteiger partial charge in [0.25, 0.3) is 0 Å². The van der Waals surface area contributed by atoms with Crippen molar-refractivity contribution in [3.63, 3.8) is 0 Å². The van der Waals surface area contributed by atoms with Crippen LogP contribution in [0, 0.1) is 0 Å². The summed E-state index contributed by atoms with van der Waals surface area (Å²) in [5.74, 6) is -0.960. The van der Waals surface area contributed by atoms with Gasteiger partial charge in [-0.1, -0.05) is 75.5 Å². The first-order valence-corrected chi connectivity index (χ1v) is 9.01. The van der Waals surface area contributed by atoms with Crippen molar-refractivity contribution in [2.45, 2.75) is 83.7 Å². The molecule has 0 fully saturated rings. The summed E-state index contributed by atoms with van der Waals surface area (Å²) in [4.78, 5) is 10.4. The van der Waals surface area contributed by atoms with E-state index in [1.807, 2.05) is 12.2 Å². The van der Waals surface area contributed by atoms with Crippen molar-refractivity contribution in [1.29, 1.82) is 0 Å². The van der Waals surface area contributed by atoms with E-state index in [0.29, 0.717) is 6.42 Å². The van der Waals surface area contributed by atoms with Gasteiger partial charge in [0.05, 0.1) is 12.5 Å². The molecule has 23 heavy (non-hydrogen) atoms. The number of hydrogen-bond acceptors (Lipinski definition) is 2. The van der Waals surface area contributed by atoms with Crippen molar-refractivity contribution in [2.75, 3.05) is 0 Å². The number of aliphatic hydroxyl groups is 1. The molecule has 1 unspecified atom stereocenters. The van der Waals surface area contributed by atoms with Crippen LogP contribution in [0.25, 0.3) is 0 Å². The number of unbranched alkanes of at least 4 members (excludes halogenated alkanes) is 6. The van der Waals surface area contributed by atoms with Crippen LogP contribution in [0.3, 0.4) is 0 Å². The Balaban J connectivity index is 3.42. The van der Waals surface area contributed by atoms with E-state index in [1.54, 1.807) is 0 Å². The third-order valence-corrected chi connectivity index (χ3v) is 3.59. The topological polar surface area (TPSA) is 57.5 Å². The molecule has 0 saturated carbocycles. The molecule has 0 saturated heterocycles. The number of carbonyl (C=O) groups is 1. The van der Waals surface area contributed by atoms with Crippen molar-refractivity contribution in [3.8, 4) is 0 Å². The number of aliphatic carboxylic acids is 1. The van der Waals surface area contributed by atoms with Crippen LogP contribution in [0.15, 0.2) is 36.5 Å². The lowest BCUT2D eigenvalue weighted by atomic mass is 10.1. The minimum atomic E-state index is -0.960. The van der Waals surface area contributed by atoms with Crippen LogP contribution in [0.1, 0.15) is 77.6 Å². The fraction of sp³-hybridized carbons (Fsp3) is 0.650. The minimum absolute atomic E-state index is 0.191. The second-order valence-electron chi connectivity index (χ2n) is 5.93. The minimum Gasteiger partial charge on any atom is -0.481 e. The zero-order valence-corrected chi connectivity index (χ0v) is 14.6. The number of rotatable bonds is 15. The maximum Gasteiger partial charge on any atom is 0.305 e. The third-order valence-electron chi connectivity index (χ3n) is 3.59. The van der Waals surface area contributed by atoms with Crippen molar-refractivity contribution in [3.05, 3.63) is 36.5 Å². The molecule has 0 radical (unpaired) electrons. The molecule has 0 aromatic heterocycles. The van der Waals surface area contributed by atoms with Crippen LogP contribution in [0.5, 0.6) is 0 Å². The standard InChI is InChI=1S/C20H34O3/c1-2-3-4-5-6-7-8-9-10-11-12-13-14-15-16-17-19(21)18-20(22)23/h9-10,12-13,15-16,19,21H,2-8,11,14,17-18H2,1H3,(H,22,23)/b10-9-,13-12-,16-15-. The summed E-state index contributed by atoms with van der Waals surface area (Å²) < 4.78 is 0. The number of hydrogen-bond donors (Lipinski definition) is 2. The first-order valence-electron chi connectivity index (χ1n) is 9.01. The van der Waals surface area contributed by atoms with Crippen LogP contribution >= 0.6 is 0 Å². The average molecular weight is 322 g/mol. The Morgan fingerprint density at radius 3 is 2.09 bits per heavy atom. The lowest BCUT2D eigenvalue weighted by Crippen LogP contribution is -2.11. The molecule has 0 aliphatic rings. The van der Waals surface area contributed by atoms with E-state index < -0.39 is 12.1 Å². The smallest absolute Gasteiger partial charge is 0.305 e. The van der Waals surface area contributed by atoms with E-state index in [0.717, 1.165) is 12.8 Å². The Bertz CT molecular complexity index is 356. The highest BCUT2D eigenvalue weighted by molar-refractivity contribution is 5.67. The highest BCUT2D eigenvalue weighted by atomic mass is 16.4. The molecular weight excluding hydrogens is 288 g/mol. The molecule has 132 valence electrons. The Labute approximate surface area is 141 Å². The largest absolute Gasteiger partial charge is 0.481 e. The molecule has 0 aliphatic carbocycles. The highest BCUT2D eigenvalue weighted by Crippen LogP contribution is 2.07. The molecule has 1 atom stereocenters. The van der Waals surface area contributed by atoms with E-state index >= 15 is 0 Å². The van der Waals surface area contributed by atoms with Gasteiger partial charge in [-0.05, 0) is 32.1 Å². The van der Waals surface area contributed by atoms with Crippen molar-refractivity contribution in [1.82, 2.24) is 0 Å². The summed E-state index contributed by atoms with van der Waals surface area (Å²) in [5.41, 5.74) is 0. The van der Waals surface area contributed by atoms with Crippen LogP contribution < -0.4 is 0 Å². The normalized spacial score (nSPS) is 13.5. The highest BCUT2D eigenvalue weighted by Gasteiger charge is 2.06. The van der Waals surface area contributed by atoms with Crippen molar-refractivity contribution >= 4 is 5.97 Å². The van der Waals surface area contributed by atoms with Gasteiger partial charge in [0.15, 0.2) is 0 Å². The third kappa shape index (κ3) is 18.6. The van der Waals surface area contributed by atoms with E-state index in [9.17, 15) is 9.90 Å². The number of carboxylic acid groups (broad SMARTS) is 1. The monoisotopic (exact) mass is 322 g/mol. The predicted molar refractivity (Wildman–Crippen MR) is 97.5 cm³/mol. The maximum absolute atomic E-state index is 10.4. The summed E-state index contributed by atoms with van der Waals surface area (Å²) in [6.07, 6.45) is 23.0. The van der Waals surface area contributed by atoms with Gasteiger partial charge >= 0.3 is 5.97 Å². The van der Waals surface area contributed by atoms with Gasteiger partial charge in [-0.2, -0.15) is 0 Å². The number of aliphatic hydroxyl groups excluding tert-OH is 1. The maximum atomic E-state index is 10.4. The van der Waals surface area contributed by atoms with Crippen molar-refractivity contribution < 1.29 is 15.0 Å². The van der Waals surface area contributed by atoms with E-state index in [2.05, 4.69) is 31.2 Å². The molecule has 0 rings (SSSR count). The van der Waals surface area contributed by atoms with E-state index in [-0.39, 0.29) is 6.42 Å². The first-order chi connectivity index (χ1) is 11.2. The molecule has 0 heterocycles. The van der Waals surface area contributed by atoms with Gasteiger partial charge in [0.2, 0.25) is 0 Å². The van der Waals surface area contributed by atoms with Gasteiger partial charge in [-0.15, -0.1) is 0 Å². The Kier molecular flexibility index (Phi) is 16.0. The SMILES string of the molecule is CCCCCCCC/C=C\C/C=C\C/C=C\CC(O)CC(=O)O. The molecule has 2 N–H and O–H groups in total. The molecular formula is C20H34O3. The Hall–Kier alpha value is -1.35. The number of carboxylic acids is 1. The Morgan fingerprint density at radius 2 is 1.43 bits per heavy atom. The molecule has 3 nitrogen and oxygen atoms in total. The summed E-state index contributed by atoms with van der Waals surface area (Å²) in [7, 11) is 0. The van der Waals surface area contributed by atoms with Crippen LogP contribution in [0.2, 0.25) is 0 Å². The quantitative estimate of drug-likeness (QED) is 0.313. The molecule has 0 spiro atoms. The van der Waals surface area contributed by atoms with Crippen LogP contribution in [-0.2, 0) is 4.79 Å². The zero-order valence-electron chi connectivity index (χ0n) is 14.6. The number of allylic oxidation sites excluding steroid dienone is 5. The molecule has 0 aliphatic heterocycles. The van der Waals surface area contributed by atoms with Crippen LogP contribution in [0.4, 0.5) is 0 Å². The molecule has 0 amide bonds. The first kappa shape index (κ1) is 21.6. The zero-order chi connectivity index (χ0) is 17.2. The summed E-state index contributed by atoms with van der Waals surface area (Å²) in [6.45, 7) is 2.24. The molecule has 3 heteroatoms. The van der Waals surface area contributed by atoms with Crippen LogP contribution in [-0.4, -0.2) is 22.3 Å². The van der Waals surface area contributed by atoms with E-state index in [4.69, 9.17) is 5.11 Å². The fourth-order valence-electron chi connectivity index (χ4n) is 2.24. The molecule has 0 aromatic rings. The second kappa shape index (κ2) is 17.0. The molecule has 0 aromatic carbocycles. The van der Waals surface area contributed by atoms with Gasteiger partial charge in [-0.3, -0.25) is 4.79 Å². The lowest BCUT2D eigenvalue weighted by molar-refractivity contribution is -0.139. The Morgan fingerprint density at radius 1 is 0.870 bits per heavy atom. The van der Waals surface area contributed by atoms with Gasteiger partial charge in [-0.25, -0.2) is 0 Å². The van der Waals surface area contributed by atoms with Gasteiger partial charge in [0, 0.05) is 0 Å². The summed E-state index contributed by atoms with van der Waals surface area (Å²) in [5, 5.41) is 17.9. The van der Waals surface area contributed by atoms with E-state index in [1.165, 1.54) is 44.9 Å². The summed E-state index contributed by atoms with van der Waals surface area (Å²) >= 11 is 0. The lowest BCUT2D eigenvalue weighted by Gasteiger charge is -2.02. The second-order valence-corrected chi connectivity index (χ2v) is 5.93. The average Bonchev–Trinajstić information content (AvgIpc) is 2.50. The predicted octanol–water partition coefficient (Wildman–Crippen LogP) is 5.41.